The first-order valence-corrected chi connectivity index (χ1v) is 5.78. The lowest BCUT2D eigenvalue weighted by molar-refractivity contribution is 0.749. The van der Waals surface area contributed by atoms with Gasteiger partial charge in [0.1, 0.15) is 5.03 Å². The van der Waals surface area contributed by atoms with Crippen LogP contribution >= 0.6 is 27.7 Å². The summed E-state index contributed by atoms with van der Waals surface area (Å²) in [4.78, 5) is 8.00. The van der Waals surface area contributed by atoms with Crippen LogP contribution < -0.4 is 5.73 Å². The molecule has 0 saturated heterocycles. The maximum Gasteiger partial charge on any atom is 0.221 e. The van der Waals surface area contributed by atoms with Gasteiger partial charge in [0.25, 0.3) is 0 Å². The number of hydrogen-bond acceptors (Lipinski definition) is 4. The Balaban J connectivity index is 2.70. The number of nitrogens with zero attached hydrogens (tertiary/aromatic N) is 2. The van der Waals surface area contributed by atoms with Gasteiger partial charge in [-0.1, -0.05) is 13.8 Å². The maximum atomic E-state index is 5.48. The van der Waals surface area contributed by atoms with E-state index in [0.717, 1.165) is 15.3 Å². The van der Waals surface area contributed by atoms with E-state index in [9.17, 15) is 0 Å². The summed E-state index contributed by atoms with van der Waals surface area (Å²) in [5.41, 5.74) is 5.48. The molecule has 0 atom stereocenters. The standard InChI is InChI=1S/C8H12BrN3S/c1-5(2)4-13-7-6(9)3-11-8(10)12-7/h3,5H,4H2,1-2H3,(H2,10,11,12). The van der Waals surface area contributed by atoms with Gasteiger partial charge < -0.3 is 5.73 Å². The molecule has 1 heterocycles. The van der Waals surface area contributed by atoms with Gasteiger partial charge in [-0.25, -0.2) is 9.97 Å². The van der Waals surface area contributed by atoms with Crippen molar-refractivity contribution < 1.29 is 0 Å². The summed E-state index contributed by atoms with van der Waals surface area (Å²) in [5.74, 6) is 2.01. The van der Waals surface area contributed by atoms with E-state index in [1.807, 2.05) is 0 Å². The number of rotatable bonds is 3. The Morgan fingerprint density at radius 2 is 2.31 bits per heavy atom. The van der Waals surface area contributed by atoms with Gasteiger partial charge >= 0.3 is 0 Å². The number of nitrogen functional groups attached to an aromatic ring is 1. The normalized spacial score (nSPS) is 10.8. The Morgan fingerprint density at radius 3 is 2.92 bits per heavy atom. The highest BCUT2D eigenvalue weighted by molar-refractivity contribution is 9.10. The van der Waals surface area contributed by atoms with Crippen LogP contribution in [0.1, 0.15) is 13.8 Å². The van der Waals surface area contributed by atoms with Crippen molar-refractivity contribution in [3.05, 3.63) is 10.7 Å². The first-order valence-electron chi connectivity index (χ1n) is 4.00. The van der Waals surface area contributed by atoms with E-state index in [1.165, 1.54) is 0 Å². The molecule has 72 valence electrons. The van der Waals surface area contributed by atoms with Crippen LogP contribution in [0.2, 0.25) is 0 Å². The van der Waals surface area contributed by atoms with E-state index >= 15 is 0 Å². The predicted octanol–water partition coefficient (Wildman–Crippen LogP) is 2.57. The van der Waals surface area contributed by atoms with Gasteiger partial charge in [-0.15, -0.1) is 11.8 Å². The summed E-state index contributed by atoms with van der Waals surface area (Å²) >= 11 is 5.07. The summed E-state index contributed by atoms with van der Waals surface area (Å²) in [6, 6.07) is 0. The van der Waals surface area contributed by atoms with Gasteiger partial charge in [0, 0.05) is 11.9 Å². The number of hydrogen-bond donors (Lipinski definition) is 1. The van der Waals surface area contributed by atoms with Crippen molar-refractivity contribution in [2.24, 2.45) is 5.92 Å². The van der Waals surface area contributed by atoms with Crippen molar-refractivity contribution in [2.75, 3.05) is 11.5 Å². The Bertz CT molecular complexity index is 291. The van der Waals surface area contributed by atoms with Crippen LogP contribution in [0.5, 0.6) is 0 Å². The zero-order valence-electron chi connectivity index (χ0n) is 7.62. The number of aromatic nitrogens is 2. The van der Waals surface area contributed by atoms with Gasteiger partial charge in [-0.05, 0) is 21.8 Å². The number of thioether (sulfide) groups is 1. The molecule has 0 amide bonds. The molecule has 1 aromatic rings. The van der Waals surface area contributed by atoms with Crippen LogP contribution in [0.15, 0.2) is 15.7 Å². The van der Waals surface area contributed by atoms with Crippen LogP contribution in [0, 0.1) is 5.92 Å². The molecule has 0 unspecified atom stereocenters. The van der Waals surface area contributed by atoms with Crippen LogP contribution in [0.3, 0.4) is 0 Å². The Hall–Kier alpha value is -0.290. The number of nitrogens with two attached hydrogens (primary N) is 1. The number of halogens is 1. The van der Waals surface area contributed by atoms with Gasteiger partial charge in [-0.2, -0.15) is 0 Å². The predicted molar refractivity (Wildman–Crippen MR) is 59.7 cm³/mol. The highest BCUT2D eigenvalue weighted by atomic mass is 79.9. The Kier molecular flexibility index (Phi) is 3.99. The molecule has 0 aliphatic heterocycles. The van der Waals surface area contributed by atoms with Gasteiger partial charge in [0.05, 0.1) is 4.47 Å². The summed E-state index contributed by atoms with van der Waals surface area (Å²) in [6.07, 6.45) is 1.69. The summed E-state index contributed by atoms with van der Waals surface area (Å²) in [6.45, 7) is 4.34. The molecule has 0 aliphatic rings. The number of anilines is 1. The molecule has 0 bridgehead atoms. The minimum absolute atomic E-state index is 0.328. The fourth-order valence-corrected chi connectivity index (χ4v) is 2.09. The van der Waals surface area contributed by atoms with E-state index in [1.54, 1.807) is 18.0 Å². The molecule has 0 aromatic carbocycles. The van der Waals surface area contributed by atoms with Crippen molar-refractivity contribution in [1.29, 1.82) is 0 Å². The second-order valence-electron chi connectivity index (χ2n) is 3.09. The van der Waals surface area contributed by atoms with Crippen molar-refractivity contribution in [3.63, 3.8) is 0 Å². The smallest absolute Gasteiger partial charge is 0.221 e. The second-order valence-corrected chi connectivity index (χ2v) is 4.95. The van der Waals surface area contributed by atoms with E-state index in [2.05, 4.69) is 39.7 Å². The van der Waals surface area contributed by atoms with E-state index < -0.39 is 0 Å². The fourth-order valence-electron chi connectivity index (χ4n) is 0.711. The van der Waals surface area contributed by atoms with Gasteiger partial charge in [0.2, 0.25) is 5.95 Å². The van der Waals surface area contributed by atoms with Crippen molar-refractivity contribution in [2.45, 2.75) is 18.9 Å². The molecule has 1 aromatic heterocycles. The quantitative estimate of drug-likeness (QED) is 0.672. The molecule has 13 heavy (non-hydrogen) atoms. The third-order valence-corrected chi connectivity index (χ3v) is 3.54. The third kappa shape index (κ3) is 3.52. The first-order chi connectivity index (χ1) is 6.09. The lowest BCUT2D eigenvalue weighted by Crippen LogP contribution is -1.97. The topological polar surface area (TPSA) is 51.8 Å². The molecular weight excluding hydrogens is 250 g/mol. The molecule has 5 heteroatoms. The maximum absolute atomic E-state index is 5.48. The molecule has 0 radical (unpaired) electrons. The first kappa shape index (κ1) is 10.8. The van der Waals surface area contributed by atoms with Crippen molar-refractivity contribution >= 4 is 33.6 Å². The summed E-state index contributed by atoms with van der Waals surface area (Å²) in [7, 11) is 0. The average molecular weight is 262 g/mol. The zero-order chi connectivity index (χ0) is 9.84. The average Bonchev–Trinajstić information content (AvgIpc) is 2.06. The minimum atomic E-state index is 0.328. The van der Waals surface area contributed by atoms with Crippen LogP contribution in [0.25, 0.3) is 0 Å². The fraction of sp³-hybridized carbons (Fsp3) is 0.500. The van der Waals surface area contributed by atoms with E-state index in [0.29, 0.717) is 11.9 Å². The largest absolute Gasteiger partial charge is 0.368 e. The molecule has 0 aliphatic carbocycles. The molecule has 0 spiro atoms. The highest BCUT2D eigenvalue weighted by Gasteiger charge is 2.04. The summed E-state index contributed by atoms with van der Waals surface area (Å²) < 4.78 is 0.910. The van der Waals surface area contributed by atoms with Gasteiger partial charge in [-0.3, -0.25) is 0 Å². The van der Waals surface area contributed by atoms with Crippen LogP contribution in [-0.2, 0) is 0 Å². The van der Waals surface area contributed by atoms with E-state index in [4.69, 9.17) is 5.73 Å². The lowest BCUT2D eigenvalue weighted by atomic mass is 10.3. The molecule has 0 saturated carbocycles. The van der Waals surface area contributed by atoms with Crippen molar-refractivity contribution in [1.82, 2.24) is 9.97 Å². The SMILES string of the molecule is CC(C)CSc1nc(N)ncc1Br. The monoisotopic (exact) mass is 261 g/mol. The van der Waals surface area contributed by atoms with E-state index in [-0.39, 0.29) is 0 Å². The lowest BCUT2D eigenvalue weighted by Gasteiger charge is -2.05. The van der Waals surface area contributed by atoms with Crippen molar-refractivity contribution in [3.8, 4) is 0 Å². The molecule has 3 nitrogen and oxygen atoms in total. The van der Waals surface area contributed by atoms with Crippen LogP contribution in [-0.4, -0.2) is 15.7 Å². The van der Waals surface area contributed by atoms with Crippen LogP contribution in [0.4, 0.5) is 5.95 Å². The van der Waals surface area contributed by atoms with Gasteiger partial charge in [0.15, 0.2) is 0 Å². The molecule has 0 fully saturated rings. The molecular formula is C8H12BrN3S. The zero-order valence-corrected chi connectivity index (χ0v) is 10.0. The molecule has 2 N–H and O–H groups in total. The Labute approximate surface area is 90.7 Å². The molecule has 1 rings (SSSR count). The Morgan fingerprint density at radius 1 is 1.62 bits per heavy atom. The highest BCUT2D eigenvalue weighted by Crippen LogP contribution is 2.26. The second kappa shape index (κ2) is 4.81. The third-order valence-electron chi connectivity index (χ3n) is 1.28. The summed E-state index contributed by atoms with van der Waals surface area (Å²) in [5, 5.41) is 0.918. The minimum Gasteiger partial charge on any atom is -0.368 e.